The number of amides is 4. The Balaban J connectivity index is 1.90. The van der Waals surface area contributed by atoms with E-state index in [0.29, 0.717) is 16.5 Å². The Kier molecular flexibility index (Phi) is 5.41. The Morgan fingerprint density at radius 2 is 1.85 bits per heavy atom. The van der Waals surface area contributed by atoms with Crippen LogP contribution in [0.15, 0.2) is 52.1 Å². The Morgan fingerprint density at radius 1 is 1.15 bits per heavy atom. The summed E-state index contributed by atoms with van der Waals surface area (Å²) in [7, 11) is 0. The molecule has 0 saturated carbocycles. The summed E-state index contributed by atoms with van der Waals surface area (Å²) in [6, 6.07) is 8.92. The van der Waals surface area contributed by atoms with Crippen LogP contribution in [0, 0.1) is 5.92 Å². The van der Waals surface area contributed by atoms with Crippen LogP contribution in [0.4, 0.5) is 10.5 Å². The van der Waals surface area contributed by atoms with Crippen molar-refractivity contribution in [3.63, 3.8) is 0 Å². The molecule has 0 aliphatic carbocycles. The third-order valence-corrected chi connectivity index (χ3v) is 4.33. The van der Waals surface area contributed by atoms with Crippen molar-refractivity contribution >= 4 is 41.3 Å². The van der Waals surface area contributed by atoms with E-state index in [1.165, 1.54) is 12.5 Å². The van der Waals surface area contributed by atoms with Crippen molar-refractivity contribution in [3.05, 3.63) is 53.4 Å². The number of benzene rings is 1. The molecular formula is C19H18ClN3O4. The van der Waals surface area contributed by atoms with Gasteiger partial charge < -0.3 is 4.42 Å². The molecule has 1 unspecified atom stereocenters. The van der Waals surface area contributed by atoms with Crippen LogP contribution in [0.3, 0.4) is 0 Å². The van der Waals surface area contributed by atoms with Gasteiger partial charge in [-0.3, -0.25) is 24.4 Å². The van der Waals surface area contributed by atoms with Crippen LogP contribution >= 0.6 is 11.6 Å². The van der Waals surface area contributed by atoms with E-state index in [9.17, 15) is 14.4 Å². The van der Waals surface area contributed by atoms with Gasteiger partial charge in [0.05, 0.1) is 18.5 Å². The number of nitrogens with zero attached hydrogens (tertiary/aromatic N) is 3. The van der Waals surface area contributed by atoms with Crippen LogP contribution in [0.25, 0.3) is 0 Å². The molecule has 0 radical (unpaired) electrons. The smallest absolute Gasteiger partial charge is 0.334 e. The largest absolute Gasteiger partial charge is 0.467 e. The van der Waals surface area contributed by atoms with Gasteiger partial charge >= 0.3 is 6.03 Å². The van der Waals surface area contributed by atoms with E-state index in [1.54, 1.807) is 50.2 Å². The number of aliphatic imine (C=N–C) groups is 1. The average molecular weight is 388 g/mol. The van der Waals surface area contributed by atoms with Crippen LogP contribution < -0.4 is 0 Å². The number of furan rings is 1. The molecular weight excluding hydrogens is 370 g/mol. The predicted octanol–water partition coefficient (Wildman–Crippen LogP) is 3.65. The van der Waals surface area contributed by atoms with Crippen molar-refractivity contribution in [2.24, 2.45) is 10.9 Å². The molecule has 0 N–H and O–H groups in total. The summed E-state index contributed by atoms with van der Waals surface area (Å²) >= 11 is 5.84. The van der Waals surface area contributed by atoms with E-state index in [0.717, 1.165) is 9.80 Å². The molecule has 1 aromatic heterocycles. The summed E-state index contributed by atoms with van der Waals surface area (Å²) in [4.78, 5) is 44.5. The lowest BCUT2D eigenvalue weighted by Gasteiger charge is -2.37. The average Bonchev–Trinajstić information content (AvgIpc) is 3.13. The highest BCUT2D eigenvalue weighted by Crippen LogP contribution is 2.23. The normalized spacial score (nSPS) is 18.2. The standard InChI is InChI=1S/C19H18ClN3O4/c1-12(2)23-18(25)16(10-21-14-7-5-13(20)6-8-14)17(24)22(19(23)26)11-15-4-3-9-27-15/h3-10,12,16H,11H2,1-2H3. The van der Waals surface area contributed by atoms with Gasteiger partial charge in [0.1, 0.15) is 5.76 Å². The van der Waals surface area contributed by atoms with E-state index in [-0.39, 0.29) is 6.54 Å². The molecule has 3 rings (SSSR count). The highest BCUT2D eigenvalue weighted by molar-refractivity contribution is 6.30. The quantitative estimate of drug-likeness (QED) is 0.579. The van der Waals surface area contributed by atoms with E-state index < -0.39 is 29.8 Å². The van der Waals surface area contributed by atoms with Gasteiger partial charge in [-0.15, -0.1) is 0 Å². The lowest BCUT2D eigenvalue weighted by Crippen LogP contribution is -2.61. The van der Waals surface area contributed by atoms with Crippen molar-refractivity contribution in [2.45, 2.75) is 26.4 Å². The monoisotopic (exact) mass is 387 g/mol. The molecule has 8 heteroatoms. The van der Waals surface area contributed by atoms with Gasteiger partial charge in [-0.25, -0.2) is 4.79 Å². The highest BCUT2D eigenvalue weighted by Gasteiger charge is 2.46. The maximum Gasteiger partial charge on any atom is 0.334 e. The molecule has 1 atom stereocenters. The molecule has 0 bridgehead atoms. The van der Waals surface area contributed by atoms with Crippen molar-refractivity contribution < 1.29 is 18.8 Å². The van der Waals surface area contributed by atoms with E-state index in [2.05, 4.69) is 4.99 Å². The molecule has 1 aliphatic rings. The van der Waals surface area contributed by atoms with Crippen LogP contribution in [0.5, 0.6) is 0 Å². The molecule has 140 valence electrons. The Morgan fingerprint density at radius 3 is 2.44 bits per heavy atom. The second kappa shape index (κ2) is 7.75. The molecule has 2 aromatic rings. The fourth-order valence-electron chi connectivity index (χ4n) is 2.74. The molecule has 27 heavy (non-hydrogen) atoms. The zero-order valence-corrected chi connectivity index (χ0v) is 15.6. The molecule has 7 nitrogen and oxygen atoms in total. The number of hydrogen-bond acceptors (Lipinski definition) is 5. The number of carbonyl (C=O) groups is 3. The van der Waals surface area contributed by atoms with Crippen LogP contribution in [-0.4, -0.2) is 39.9 Å². The van der Waals surface area contributed by atoms with Gasteiger partial charge in [-0.1, -0.05) is 11.6 Å². The number of urea groups is 1. The van der Waals surface area contributed by atoms with Gasteiger partial charge in [-0.2, -0.15) is 0 Å². The number of rotatable bonds is 5. The maximum absolute atomic E-state index is 12.8. The summed E-state index contributed by atoms with van der Waals surface area (Å²) in [5, 5.41) is 0.556. The third kappa shape index (κ3) is 3.93. The van der Waals surface area contributed by atoms with Gasteiger partial charge in [0, 0.05) is 17.3 Å². The van der Waals surface area contributed by atoms with Gasteiger partial charge in [0.2, 0.25) is 11.8 Å². The first-order valence-electron chi connectivity index (χ1n) is 8.39. The van der Waals surface area contributed by atoms with Crippen LogP contribution in [0.2, 0.25) is 5.02 Å². The predicted molar refractivity (Wildman–Crippen MR) is 99.7 cm³/mol. The topological polar surface area (TPSA) is 83.2 Å². The zero-order valence-electron chi connectivity index (χ0n) is 14.8. The van der Waals surface area contributed by atoms with Crippen LogP contribution in [-0.2, 0) is 16.1 Å². The minimum Gasteiger partial charge on any atom is -0.467 e. The minimum atomic E-state index is -1.18. The first-order chi connectivity index (χ1) is 12.9. The molecule has 4 amide bonds. The summed E-state index contributed by atoms with van der Waals surface area (Å²) in [6.07, 6.45) is 2.73. The van der Waals surface area contributed by atoms with E-state index in [1.807, 2.05) is 0 Å². The zero-order chi connectivity index (χ0) is 19.6. The fourth-order valence-corrected chi connectivity index (χ4v) is 2.86. The molecule has 0 spiro atoms. The second-order valence-corrected chi connectivity index (χ2v) is 6.76. The minimum absolute atomic E-state index is 0.0492. The molecule has 2 heterocycles. The molecule has 1 aromatic carbocycles. The van der Waals surface area contributed by atoms with Crippen molar-refractivity contribution in [3.8, 4) is 0 Å². The summed E-state index contributed by atoms with van der Waals surface area (Å²) < 4.78 is 5.24. The van der Waals surface area contributed by atoms with Crippen molar-refractivity contribution in [1.82, 2.24) is 9.80 Å². The number of halogens is 1. The Hall–Kier alpha value is -2.93. The molecule has 1 saturated heterocycles. The lowest BCUT2D eigenvalue weighted by atomic mass is 10.0. The molecule has 1 aliphatic heterocycles. The number of barbiturate groups is 1. The number of imide groups is 2. The number of hydrogen-bond donors (Lipinski definition) is 0. The first kappa shape index (κ1) is 18.8. The summed E-state index contributed by atoms with van der Waals surface area (Å²) in [5.74, 6) is -1.96. The lowest BCUT2D eigenvalue weighted by molar-refractivity contribution is -0.147. The Bertz CT molecular complexity index is 875. The van der Waals surface area contributed by atoms with Gasteiger partial charge in [0.25, 0.3) is 0 Å². The Labute approximate surface area is 161 Å². The van der Waals surface area contributed by atoms with Gasteiger partial charge in [0.15, 0.2) is 5.92 Å². The van der Waals surface area contributed by atoms with Crippen LogP contribution in [0.1, 0.15) is 19.6 Å². The van der Waals surface area contributed by atoms with E-state index in [4.69, 9.17) is 16.0 Å². The van der Waals surface area contributed by atoms with Gasteiger partial charge in [-0.05, 0) is 50.2 Å². The maximum atomic E-state index is 12.8. The molecule has 1 fully saturated rings. The SMILES string of the molecule is CC(C)N1C(=O)C(C=Nc2ccc(Cl)cc2)C(=O)N(Cc2ccco2)C1=O. The van der Waals surface area contributed by atoms with Crippen molar-refractivity contribution in [1.29, 1.82) is 0 Å². The third-order valence-electron chi connectivity index (χ3n) is 4.08. The van der Waals surface area contributed by atoms with Crippen molar-refractivity contribution in [2.75, 3.05) is 0 Å². The first-order valence-corrected chi connectivity index (χ1v) is 8.77. The summed E-state index contributed by atoms with van der Waals surface area (Å²) in [6.45, 7) is 3.38. The fraction of sp³-hybridized carbons (Fsp3) is 0.263. The second-order valence-electron chi connectivity index (χ2n) is 6.32. The number of carbonyl (C=O) groups excluding carboxylic acids is 3. The van der Waals surface area contributed by atoms with E-state index >= 15 is 0 Å². The summed E-state index contributed by atoms with van der Waals surface area (Å²) in [5.41, 5.74) is 0.547. The highest BCUT2D eigenvalue weighted by atomic mass is 35.5.